The number of nitrogens with two attached hydrogens (primary N) is 1. The topological polar surface area (TPSA) is 38.0 Å². The first-order valence-electron chi connectivity index (χ1n) is 6.21. The van der Waals surface area contributed by atoms with Crippen LogP contribution in [0.5, 0.6) is 0 Å². The van der Waals surface area contributed by atoms with Crippen LogP contribution in [0.15, 0.2) is 42.5 Å². The Kier molecular flexibility index (Phi) is 3.68. The highest BCUT2D eigenvalue weighted by molar-refractivity contribution is 5.44. The van der Waals surface area contributed by atoms with E-state index in [9.17, 15) is 0 Å². The van der Waals surface area contributed by atoms with Gasteiger partial charge in [-0.15, -0.1) is 0 Å². The number of nitrogen functional groups attached to an aromatic ring is 1. The number of aryl methyl sites for hydroxylation is 2. The summed E-state index contributed by atoms with van der Waals surface area (Å²) < 4.78 is 0. The molecular formula is C16H20N2. The first-order valence-corrected chi connectivity index (χ1v) is 6.21. The van der Waals surface area contributed by atoms with Gasteiger partial charge in [0, 0.05) is 5.69 Å². The molecule has 0 bridgehead atoms. The van der Waals surface area contributed by atoms with Gasteiger partial charge in [-0.1, -0.05) is 35.9 Å². The van der Waals surface area contributed by atoms with Crippen molar-refractivity contribution in [3.05, 3.63) is 64.7 Å². The standard InChI is InChI=1S/C16H20N2/c1-11-4-5-12(2)15(10-11)16(18-3)13-6-8-14(17)9-7-13/h4-10,16,18H,17H2,1-3H3. The van der Waals surface area contributed by atoms with Crippen LogP contribution >= 0.6 is 0 Å². The molecule has 1 atom stereocenters. The monoisotopic (exact) mass is 240 g/mol. The summed E-state index contributed by atoms with van der Waals surface area (Å²) in [5.41, 5.74) is 11.7. The minimum Gasteiger partial charge on any atom is -0.399 e. The molecule has 0 aliphatic heterocycles. The average molecular weight is 240 g/mol. The third-order valence-electron chi connectivity index (χ3n) is 3.30. The Morgan fingerprint density at radius 1 is 1.00 bits per heavy atom. The van der Waals surface area contributed by atoms with E-state index in [2.05, 4.69) is 49.5 Å². The molecule has 0 aliphatic rings. The maximum absolute atomic E-state index is 5.74. The lowest BCUT2D eigenvalue weighted by Gasteiger charge is -2.20. The van der Waals surface area contributed by atoms with Crippen LogP contribution in [-0.4, -0.2) is 7.05 Å². The zero-order valence-corrected chi connectivity index (χ0v) is 11.2. The Hall–Kier alpha value is -1.80. The number of anilines is 1. The molecule has 0 amide bonds. The summed E-state index contributed by atoms with van der Waals surface area (Å²) in [7, 11) is 1.99. The van der Waals surface area contributed by atoms with Crippen molar-refractivity contribution < 1.29 is 0 Å². The largest absolute Gasteiger partial charge is 0.399 e. The van der Waals surface area contributed by atoms with Gasteiger partial charge >= 0.3 is 0 Å². The van der Waals surface area contributed by atoms with Crippen LogP contribution in [0, 0.1) is 13.8 Å². The SMILES string of the molecule is CNC(c1ccc(N)cc1)c1cc(C)ccc1C. The van der Waals surface area contributed by atoms with Crippen molar-refractivity contribution in [2.24, 2.45) is 0 Å². The first kappa shape index (κ1) is 12.7. The highest BCUT2D eigenvalue weighted by Crippen LogP contribution is 2.26. The van der Waals surface area contributed by atoms with Crippen LogP contribution in [-0.2, 0) is 0 Å². The molecule has 0 saturated carbocycles. The summed E-state index contributed by atoms with van der Waals surface area (Å²) in [6.45, 7) is 4.27. The lowest BCUT2D eigenvalue weighted by molar-refractivity contribution is 0.687. The van der Waals surface area contributed by atoms with Gasteiger partial charge in [-0.25, -0.2) is 0 Å². The first-order chi connectivity index (χ1) is 8.61. The maximum atomic E-state index is 5.74. The fraction of sp³-hybridized carbons (Fsp3) is 0.250. The van der Waals surface area contributed by atoms with Crippen LogP contribution in [0.2, 0.25) is 0 Å². The molecule has 0 spiro atoms. The van der Waals surface area contributed by atoms with Gasteiger partial charge in [-0.05, 0) is 49.7 Å². The fourth-order valence-corrected chi connectivity index (χ4v) is 2.26. The second kappa shape index (κ2) is 5.23. The minimum absolute atomic E-state index is 0.213. The molecule has 2 rings (SSSR count). The zero-order valence-electron chi connectivity index (χ0n) is 11.2. The molecule has 0 aliphatic carbocycles. The molecule has 0 saturated heterocycles. The smallest absolute Gasteiger partial charge is 0.0577 e. The maximum Gasteiger partial charge on any atom is 0.0577 e. The van der Waals surface area contributed by atoms with Gasteiger partial charge in [0.15, 0.2) is 0 Å². The van der Waals surface area contributed by atoms with Crippen molar-refractivity contribution in [3.8, 4) is 0 Å². The van der Waals surface area contributed by atoms with E-state index in [1.165, 1.54) is 22.3 Å². The Bertz CT molecular complexity index is 529. The van der Waals surface area contributed by atoms with E-state index in [1.807, 2.05) is 19.2 Å². The molecule has 2 heteroatoms. The van der Waals surface area contributed by atoms with Gasteiger partial charge in [-0.2, -0.15) is 0 Å². The molecular weight excluding hydrogens is 220 g/mol. The highest BCUT2D eigenvalue weighted by atomic mass is 14.9. The summed E-state index contributed by atoms with van der Waals surface area (Å²) in [6, 6.07) is 14.8. The Balaban J connectivity index is 2.44. The predicted octanol–water partition coefficient (Wildman–Crippen LogP) is 3.19. The molecule has 2 aromatic rings. The second-order valence-corrected chi connectivity index (χ2v) is 4.75. The molecule has 1 unspecified atom stereocenters. The van der Waals surface area contributed by atoms with Crippen LogP contribution in [0.4, 0.5) is 5.69 Å². The Morgan fingerprint density at radius 3 is 2.28 bits per heavy atom. The average Bonchev–Trinajstić information content (AvgIpc) is 2.37. The highest BCUT2D eigenvalue weighted by Gasteiger charge is 2.14. The molecule has 18 heavy (non-hydrogen) atoms. The third-order valence-corrected chi connectivity index (χ3v) is 3.30. The van der Waals surface area contributed by atoms with Crippen molar-refractivity contribution in [2.45, 2.75) is 19.9 Å². The van der Waals surface area contributed by atoms with Gasteiger partial charge in [0.2, 0.25) is 0 Å². The van der Waals surface area contributed by atoms with Crippen molar-refractivity contribution >= 4 is 5.69 Å². The molecule has 2 aromatic carbocycles. The number of benzene rings is 2. The molecule has 0 heterocycles. The number of hydrogen-bond donors (Lipinski definition) is 2. The summed E-state index contributed by atoms with van der Waals surface area (Å²) in [4.78, 5) is 0. The Morgan fingerprint density at radius 2 is 1.67 bits per heavy atom. The van der Waals surface area contributed by atoms with Gasteiger partial charge in [0.25, 0.3) is 0 Å². The third kappa shape index (κ3) is 2.54. The van der Waals surface area contributed by atoms with Gasteiger partial charge in [0.1, 0.15) is 0 Å². The quantitative estimate of drug-likeness (QED) is 0.809. The van der Waals surface area contributed by atoms with Crippen molar-refractivity contribution in [1.29, 1.82) is 0 Å². The van der Waals surface area contributed by atoms with Crippen molar-refractivity contribution in [3.63, 3.8) is 0 Å². The van der Waals surface area contributed by atoms with Crippen molar-refractivity contribution in [1.82, 2.24) is 5.32 Å². The summed E-state index contributed by atoms with van der Waals surface area (Å²) in [5, 5.41) is 3.38. The fourth-order valence-electron chi connectivity index (χ4n) is 2.26. The lowest BCUT2D eigenvalue weighted by Crippen LogP contribution is -2.18. The number of rotatable bonds is 3. The van der Waals surface area contributed by atoms with Gasteiger partial charge < -0.3 is 11.1 Å². The lowest BCUT2D eigenvalue weighted by atomic mass is 9.93. The van der Waals surface area contributed by atoms with Crippen molar-refractivity contribution in [2.75, 3.05) is 12.8 Å². The van der Waals surface area contributed by atoms with E-state index in [-0.39, 0.29) is 6.04 Å². The van der Waals surface area contributed by atoms with Gasteiger partial charge in [-0.3, -0.25) is 0 Å². The van der Waals surface area contributed by atoms with E-state index in [0.717, 1.165) is 5.69 Å². The Labute approximate surface area is 109 Å². The molecule has 94 valence electrons. The van der Waals surface area contributed by atoms with Crippen LogP contribution in [0.3, 0.4) is 0 Å². The minimum atomic E-state index is 0.213. The molecule has 3 N–H and O–H groups in total. The second-order valence-electron chi connectivity index (χ2n) is 4.75. The summed E-state index contributed by atoms with van der Waals surface area (Å²) in [5.74, 6) is 0. The summed E-state index contributed by atoms with van der Waals surface area (Å²) in [6.07, 6.45) is 0. The van der Waals surface area contributed by atoms with Gasteiger partial charge in [0.05, 0.1) is 6.04 Å². The zero-order chi connectivity index (χ0) is 13.1. The molecule has 2 nitrogen and oxygen atoms in total. The van der Waals surface area contributed by atoms with E-state index in [0.29, 0.717) is 0 Å². The molecule has 0 aromatic heterocycles. The predicted molar refractivity (Wildman–Crippen MR) is 77.7 cm³/mol. The molecule has 0 radical (unpaired) electrons. The molecule has 0 fully saturated rings. The number of nitrogens with one attached hydrogen (secondary N) is 1. The number of hydrogen-bond acceptors (Lipinski definition) is 2. The van der Waals surface area contributed by atoms with Crippen LogP contribution < -0.4 is 11.1 Å². The summed E-state index contributed by atoms with van der Waals surface area (Å²) >= 11 is 0. The van der Waals surface area contributed by atoms with Crippen LogP contribution in [0.1, 0.15) is 28.3 Å². The van der Waals surface area contributed by atoms with E-state index < -0.39 is 0 Å². The van der Waals surface area contributed by atoms with E-state index in [1.54, 1.807) is 0 Å². The van der Waals surface area contributed by atoms with E-state index >= 15 is 0 Å². The van der Waals surface area contributed by atoms with Crippen LogP contribution in [0.25, 0.3) is 0 Å². The normalized spacial score (nSPS) is 12.4. The van der Waals surface area contributed by atoms with E-state index in [4.69, 9.17) is 5.73 Å².